The minimum Gasteiger partial charge on any atom is -0.311 e. The molecular weight excluding hydrogens is 294 g/mol. The van der Waals surface area contributed by atoms with Crippen molar-refractivity contribution in [1.29, 1.82) is 0 Å². The van der Waals surface area contributed by atoms with E-state index in [-0.39, 0.29) is 11.8 Å². The number of fused-ring (bicyclic) bond motifs is 1. The van der Waals surface area contributed by atoms with Crippen molar-refractivity contribution < 1.29 is 4.79 Å². The maximum absolute atomic E-state index is 11.8. The fourth-order valence-electron chi connectivity index (χ4n) is 2.36. The predicted molar refractivity (Wildman–Crippen MR) is 72.4 cm³/mol. The smallest absolute Gasteiger partial charge is 0.226 e. The number of carbonyl (C=O) groups is 1. The van der Waals surface area contributed by atoms with E-state index in [0.717, 1.165) is 21.4 Å². The lowest BCUT2D eigenvalue weighted by Crippen LogP contribution is -2.24. The third-order valence-electron chi connectivity index (χ3n) is 3.24. The van der Waals surface area contributed by atoms with E-state index in [1.807, 2.05) is 31.4 Å². The lowest BCUT2D eigenvalue weighted by atomic mass is 9.87. The molecule has 1 aliphatic heterocycles. The largest absolute Gasteiger partial charge is 0.311 e. The van der Waals surface area contributed by atoms with Crippen molar-refractivity contribution >= 4 is 27.7 Å². The second-order valence-electron chi connectivity index (χ2n) is 4.43. The lowest BCUT2D eigenvalue weighted by molar-refractivity contribution is -0.116. The van der Waals surface area contributed by atoms with E-state index in [0.29, 0.717) is 6.42 Å². The third kappa shape index (κ3) is 1.84. The maximum Gasteiger partial charge on any atom is 0.226 e. The van der Waals surface area contributed by atoms with Gasteiger partial charge in [-0.3, -0.25) is 9.48 Å². The molecule has 0 radical (unpaired) electrons. The Labute approximate surface area is 113 Å². The average Bonchev–Trinajstić information content (AvgIpc) is 2.70. The van der Waals surface area contributed by atoms with Gasteiger partial charge in [-0.2, -0.15) is 5.10 Å². The molecule has 92 valence electrons. The van der Waals surface area contributed by atoms with Crippen LogP contribution in [0.4, 0.5) is 5.82 Å². The van der Waals surface area contributed by atoms with Gasteiger partial charge in [0.15, 0.2) is 0 Å². The topological polar surface area (TPSA) is 46.9 Å². The van der Waals surface area contributed by atoms with Crippen molar-refractivity contribution in [1.82, 2.24) is 9.78 Å². The van der Waals surface area contributed by atoms with Crippen molar-refractivity contribution in [2.45, 2.75) is 12.3 Å². The van der Waals surface area contributed by atoms with Crippen LogP contribution in [0.25, 0.3) is 0 Å². The Morgan fingerprint density at radius 1 is 1.50 bits per heavy atom. The molecule has 3 rings (SSSR count). The molecule has 1 aromatic heterocycles. The Bertz CT molecular complexity index is 620. The van der Waals surface area contributed by atoms with E-state index in [1.165, 1.54) is 0 Å². The zero-order valence-electron chi connectivity index (χ0n) is 9.85. The van der Waals surface area contributed by atoms with Crippen LogP contribution in [0.3, 0.4) is 0 Å². The standard InChI is InChI=1S/C13H12BrN3O/c1-17-13-11(7-15-17)10(6-12(18)16-13)8-3-2-4-9(14)5-8/h2-5,7,10H,6H2,1H3,(H,16,18)/t10-/m0/s1. The molecule has 1 amide bonds. The van der Waals surface area contributed by atoms with Gasteiger partial charge in [-0.15, -0.1) is 0 Å². The quantitative estimate of drug-likeness (QED) is 0.880. The third-order valence-corrected chi connectivity index (χ3v) is 3.73. The Kier molecular flexibility index (Phi) is 2.70. The average molecular weight is 306 g/mol. The monoisotopic (exact) mass is 305 g/mol. The highest BCUT2D eigenvalue weighted by molar-refractivity contribution is 9.10. The Hall–Kier alpha value is -1.62. The summed E-state index contributed by atoms with van der Waals surface area (Å²) in [5, 5.41) is 7.09. The molecule has 0 unspecified atom stereocenters. The molecule has 4 nitrogen and oxygen atoms in total. The summed E-state index contributed by atoms with van der Waals surface area (Å²) in [6.07, 6.45) is 2.30. The van der Waals surface area contributed by atoms with Crippen LogP contribution in [0.15, 0.2) is 34.9 Å². The van der Waals surface area contributed by atoms with Gasteiger partial charge in [0.2, 0.25) is 5.91 Å². The highest BCUT2D eigenvalue weighted by Gasteiger charge is 2.29. The maximum atomic E-state index is 11.8. The van der Waals surface area contributed by atoms with E-state index in [4.69, 9.17) is 0 Å². The number of aryl methyl sites for hydroxylation is 1. The number of aromatic nitrogens is 2. The number of carbonyl (C=O) groups excluding carboxylic acids is 1. The van der Waals surface area contributed by atoms with Crippen LogP contribution in [-0.2, 0) is 11.8 Å². The van der Waals surface area contributed by atoms with Crippen LogP contribution >= 0.6 is 15.9 Å². The molecule has 1 atom stereocenters. The number of nitrogens with zero attached hydrogens (tertiary/aromatic N) is 2. The van der Waals surface area contributed by atoms with Crippen molar-refractivity contribution in [2.24, 2.45) is 7.05 Å². The number of anilines is 1. The second-order valence-corrected chi connectivity index (χ2v) is 5.35. The van der Waals surface area contributed by atoms with Crippen molar-refractivity contribution in [3.63, 3.8) is 0 Å². The molecule has 0 saturated heterocycles. The first-order valence-corrected chi connectivity index (χ1v) is 6.51. The fourth-order valence-corrected chi connectivity index (χ4v) is 2.78. The number of rotatable bonds is 1. The SMILES string of the molecule is Cn1ncc2c1NC(=O)C[C@H]2c1cccc(Br)c1. The first-order chi connectivity index (χ1) is 8.65. The van der Waals surface area contributed by atoms with Crippen molar-refractivity contribution in [3.8, 4) is 0 Å². The predicted octanol–water partition coefficient (Wildman–Crippen LogP) is 2.66. The summed E-state index contributed by atoms with van der Waals surface area (Å²) in [5.41, 5.74) is 2.21. The number of nitrogens with one attached hydrogen (secondary N) is 1. The molecule has 2 aromatic rings. The van der Waals surface area contributed by atoms with E-state index >= 15 is 0 Å². The zero-order valence-corrected chi connectivity index (χ0v) is 11.4. The Balaban J connectivity index is 2.10. The van der Waals surface area contributed by atoms with Crippen LogP contribution in [0.1, 0.15) is 23.5 Å². The minimum absolute atomic E-state index is 0.0380. The molecule has 0 aliphatic carbocycles. The molecule has 5 heteroatoms. The molecule has 1 aromatic carbocycles. The zero-order chi connectivity index (χ0) is 12.7. The van der Waals surface area contributed by atoms with Gasteiger partial charge in [0.1, 0.15) is 5.82 Å². The van der Waals surface area contributed by atoms with Crippen molar-refractivity contribution in [3.05, 3.63) is 46.1 Å². The van der Waals surface area contributed by atoms with Gasteiger partial charge in [0.05, 0.1) is 6.20 Å². The first kappa shape index (κ1) is 11.5. The number of hydrogen-bond donors (Lipinski definition) is 1. The molecule has 0 bridgehead atoms. The molecule has 2 heterocycles. The molecule has 1 aliphatic rings. The van der Waals surface area contributed by atoms with Gasteiger partial charge >= 0.3 is 0 Å². The summed E-state index contributed by atoms with van der Waals surface area (Å²) >= 11 is 3.47. The van der Waals surface area contributed by atoms with E-state index in [1.54, 1.807) is 4.68 Å². The summed E-state index contributed by atoms with van der Waals surface area (Å²) < 4.78 is 2.73. The molecule has 0 spiro atoms. The number of amides is 1. The van der Waals surface area contributed by atoms with Gasteiger partial charge in [0, 0.05) is 29.4 Å². The number of hydrogen-bond acceptors (Lipinski definition) is 2. The van der Waals surface area contributed by atoms with Gasteiger partial charge < -0.3 is 5.32 Å². The second kappa shape index (κ2) is 4.24. The summed E-state index contributed by atoms with van der Waals surface area (Å²) in [6.45, 7) is 0. The van der Waals surface area contributed by atoms with Crippen molar-refractivity contribution in [2.75, 3.05) is 5.32 Å². The Morgan fingerprint density at radius 2 is 2.33 bits per heavy atom. The summed E-state index contributed by atoms with van der Waals surface area (Å²) in [7, 11) is 1.84. The molecular formula is C13H12BrN3O. The summed E-state index contributed by atoms with van der Waals surface area (Å²) in [4.78, 5) is 11.8. The van der Waals surface area contributed by atoms with E-state index in [2.05, 4.69) is 32.4 Å². The Morgan fingerprint density at radius 3 is 3.11 bits per heavy atom. The molecule has 0 fully saturated rings. The van der Waals surface area contributed by atoms with Gasteiger partial charge in [0.25, 0.3) is 0 Å². The number of halogens is 1. The summed E-state index contributed by atoms with van der Waals surface area (Å²) in [6, 6.07) is 8.07. The van der Waals surface area contributed by atoms with Crippen LogP contribution in [-0.4, -0.2) is 15.7 Å². The van der Waals surface area contributed by atoms with Gasteiger partial charge in [-0.05, 0) is 17.7 Å². The van der Waals surface area contributed by atoms with Gasteiger partial charge in [-0.25, -0.2) is 0 Å². The normalized spacial score (nSPS) is 18.3. The number of benzene rings is 1. The molecule has 0 saturated carbocycles. The highest BCUT2D eigenvalue weighted by Crippen LogP contribution is 2.37. The first-order valence-electron chi connectivity index (χ1n) is 5.72. The molecule has 18 heavy (non-hydrogen) atoms. The van der Waals surface area contributed by atoms with Crippen LogP contribution in [0.5, 0.6) is 0 Å². The van der Waals surface area contributed by atoms with E-state index in [9.17, 15) is 4.79 Å². The highest BCUT2D eigenvalue weighted by atomic mass is 79.9. The molecule has 1 N–H and O–H groups in total. The fraction of sp³-hybridized carbons (Fsp3) is 0.231. The summed E-state index contributed by atoms with van der Waals surface area (Å²) in [5.74, 6) is 0.923. The minimum atomic E-state index is 0.0380. The van der Waals surface area contributed by atoms with Gasteiger partial charge in [-0.1, -0.05) is 28.1 Å². The van der Waals surface area contributed by atoms with Crippen LogP contribution in [0, 0.1) is 0 Å². The van der Waals surface area contributed by atoms with E-state index < -0.39 is 0 Å². The van der Waals surface area contributed by atoms with Crippen LogP contribution in [0.2, 0.25) is 0 Å². The van der Waals surface area contributed by atoms with Crippen LogP contribution < -0.4 is 5.32 Å². The lowest BCUT2D eigenvalue weighted by Gasteiger charge is -2.23.